The summed E-state index contributed by atoms with van der Waals surface area (Å²) in [5.41, 5.74) is 3.62. The molecule has 0 bridgehead atoms. The Morgan fingerprint density at radius 1 is 0.694 bits per heavy atom. The van der Waals surface area contributed by atoms with Crippen molar-refractivity contribution in [3.8, 4) is 0 Å². The molecule has 0 spiro atoms. The van der Waals surface area contributed by atoms with Gasteiger partial charge in [0.1, 0.15) is 5.69 Å². The van der Waals surface area contributed by atoms with Gasteiger partial charge in [-0.2, -0.15) is 0 Å². The number of aromatic nitrogens is 3. The van der Waals surface area contributed by atoms with Crippen molar-refractivity contribution in [2.24, 2.45) is 0 Å². The van der Waals surface area contributed by atoms with Crippen LogP contribution in [0.15, 0.2) is 135 Å². The number of sulfone groups is 2. The number of nitrogens with one attached hydrogen (secondary N) is 1. The van der Waals surface area contributed by atoms with Gasteiger partial charge in [-0.05, 0) is 84.1 Å². The van der Waals surface area contributed by atoms with Crippen LogP contribution in [0.5, 0.6) is 0 Å². The number of rotatable bonds is 12. The Morgan fingerprint density at radius 2 is 1.24 bits per heavy atom. The summed E-state index contributed by atoms with van der Waals surface area (Å²) in [5, 5.41) is 0.991. The molecule has 49 heavy (non-hydrogen) atoms. The van der Waals surface area contributed by atoms with Gasteiger partial charge in [0.25, 0.3) is 5.91 Å². The monoisotopic (exact) mass is 712 g/mol. The molecule has 0 atom stereocenters. The van der Waals surface area contributed by atoms with Gasteiger partial charge in [0, 0.05) is 48.8 Å². The second kappa shape index (κ2) is 14.3. The smallest absolute Gasteiger partial charge is 0.270 e. The van der Waals surface area contributed by atoms with Gasteiger partial charge in [-0.3, -0.25) is 14.8 Å². The minimum absolute atomic E-state index is 0.0210. The van der Waals surface area contributed by atoms with Crippen molar-refractivity contribution in [1.82, 2.24) is 19.9 Å². The fourth-order valence-electron chi connectivity index (χ4n) is 5.47. The number of aryl methyl sites for hydroxylation is 1. The number of fused-ring (bicyclic) bond motifs is 1. The highest BCUT2D eigenvalue weighted by Gasteiger charge is 2.23. The third kappa shape index (κ3) is 7.59. The first kappa shape index (κ1) is 34.0. The second-order valence-corrected chi connectivity index (χ2v) is 16.0. The molecule has 0 saturated heterocycles. The van der Waals surface area contributed by atoms with Crippen molar-refractivity contribution in [2.45, 2.75) is 58.9 Å². The van der Waals surface area contributed by atoms with Crippen LogP contribution in [0.4, 0.5) is 0 Å². The third-order valence-electron chi connectivity index (χ3n) is 8.20. The number of halogens is 1. The molecule has 12 heteroatoms. The number of aromatic amines is 1. The highest BCUT2D eigenvalue weighted by molar-refractivity contribution is 7.91. The van der Waals surface area contributed by atoms with Crippen LogP contribution in [0.3, 0.4) is 0 Å². The van der Waals surface area contributed by atoms with Crippen LogP contribution >= 0.6 is 11.6 Å². The summed E-state index contributed by atoms with van der Waals surface area (Å²) in [6.45, 7) is 2.43. The Labute approximate surface area is 290 Å². The summed E-state index contributed by atoms with van der Waals surface area (Å²) in [6, 6.07) is 24.7. The van der Waals surface area contributed by atoms with E-state index in [2.05, 4.69) is 21.9 Å². The SMILES string of the molecule is CCCCc1ccc(S(=O)(=O)c2ccc(CN(Cc3ccc(S(=O)(=O)c4cncc(Cl)c4)cc3)C(=O)c3cc4cnccc4[nH]3)cc2)cc1. The summed E-state index contributed by atoms with van der Waals surface area (Å²) >= 11 is 5.97. The molecule has 0 aliphatic heterocycles. The zero-order valence-electron chi connectivity index (χ0n) is 26.6. The molecule has 3 aromatic heterocycles. The predicted molar refractivity (Wildman–Crippen MR) is 188 cm³/mol. The van der Waals surface area contributed by atoms with E-state index in [0.29, 0.717) is 16.8 Å². The fourth-order valence-corrected chi connectivity index (χ4v) is 8.22. The number of benzene rings is 3. The maximum atomic E-state index is 13.9. The minimum atomic E-state index is -3.86. The molecule has 0 unspecified atom stereocenters. The number of pyridine rings is 2. The Balaban J connectivity index is 1.25. The van der Waals surface area contributed by atoms with Crippen LogP contribution in [-0.4, -0.2) is 42.6 Å². The van der Waals surface area contributed by atoms with Gasteiger partial charge < -0.3 is 9.88 Å². The Hall–Kier alpha value is -4.84. The van der Waals surface area contributed by atoms with Crippen molar-refractivity contribution < 1.29 is 21.6 Å². The first-order chi connectivity index (χ1) is 23.5. The zero-order valence-corrected chi connectivity index (χ0v) is 29.0. The average molecular weight is 713 g/mol. The molecule has 1 N–H and O–H groups in total. The van der Waals surface area contributed by atoms with Crippen molar-refractivity contribution in [2.75, 3.05) is 0 Å². The molecule has 1 amide bonds. The lowest BCUT2D eigenvalue weighted by atomic mass is 10.1. The molecule has 6 aromatic rings. The lowest BCUT2D eigenvalue weighted by molar-refractivity contribution is 0.0725. The average Bonchev–Trinajstić information content (AvgIpc) is 3.55. The highest BCUT2D eigenvalue weighted by Crippen LogP contribution is 2.26. The van der Waals surface area contributed by atoms with Crippen LogP contribution < -0.4 is 0 Å². The Kier molecular flexibility index (Phi) is 9.96. The van der Waals surface area contributed by atoms with E-state index in [-0.39, 0.29) is 43.6 Å². The molecule has 9 nitrogen and oxygen atoms in total. The van der Waals surface area contributed by atoms with Gasteiger partial charge >= 0.3 is 0 Å². The van der Waals surface area contributed by atoms with E-state index in [0.717, 1.165) is 35.7 Å². The number of H-pyrrole nitrogens is 1. The van der Waals surface area contributed by atoms with E-state index in [9.17, 15) is 21.6 Å². The van der Waals surface area contributed by atoms with Crippen molar-refractivity contribution in [1.29, 1.82) is 0 Å². The molecule has 250 valence electrons. The summed E-state index contributed by atoms with van der Waals surface area (Å²) < 4.78 is 53.1. The van der Waals surface area contributed by atoms with Gasteiger partial charge in [-0.1, -0.05) is 61.3 Å². The number of nitrogens with zero attached hydrogens (tertiary/aromatic N) is 3. The quantitative estimate of drug-likeness (QED) is 0.139. The molecule has 0 saturated carbocycles. The number of unbranched alkanes of at least 4 members (excludes halogenated alkanes) is 1. The Morgan fingerprint density at radius 3 is 1.78 bits per heavy atom. The van der Waals surface area contributed by atoms with Crippen molar-refractivity contribution >= 4 is 48.1 Å². The first-order valence-electron chi connectivity index (χ1n) is 15.6. The van der Waals surface area contributed by atoms with Crippen LogP contribution in [0.2, 0.25) is 5.02 Å². The van der Waals surface area contributed by atoms with E-state index in [1.165, 1.54) is 30.6 Å². The molecule has 0 aliphatic carbocycles. The van der Waals surface area contributed by atoms with Crippen molar-refractivity contribution in [3.63, 3.8) is 0 Å². The first-order valence-corrected chi connectivity index (χ1v) is 19.0. The van der Waals surface area contributed by atoms with E-state index < -0.39 is 19.7 Å². The molecule has 0 aliphatic rings. The maximum absolute atomic E-state index is 13.9. The number of carbonyl (C=O) groups is 1. The van der Waals surface area contributed by atoms with E-state index >= 15 is 0 Å². The van der Waals surface area contributed by atoms with E-state index in [4.69, 9.17) is 11.6 Å². The zero-order chi connectivity index (χ0) is 34.6. The van der Waals surface area contributed by atoms with Crippen LogP contribution in [0.25, 0.3) is 10.9 Å². The number of carbonyl (C=O) groups excluding carboxylic acids is 1. The second-order valence-electron chi connectivity index (χ2n) is 11.7. The molecule has 0 radical (unpaired) electrons. The minimum Gasteiger partial charge on any atom is -0.350 e. The third-order valence-corrected chi connectivity index (χ3v) is 11.9. The number of amides is 1. The lowest BCUT2D eigenvalue weighted by Gasteiger charge is -2.23. The van der Waals surface area contributed by atoms with E-state index in [1.54, 1.807) is 78.0 Å². The Bertz CT molecular complexity index is 2290. The normalized spacial score (nSPS) is 11.9. The summed E-state index contributed by atoms with van der Waals surface area (Å²) in [5.74, 6) is -0.294. The summed E-state index contributed by atoms with van der Waals surface area (Å²) in [6.07, 6.45) is 8.91. The standard InChI is InChI=1S/C37H33ClN4O5S2/c1-2-3-4-26-5-11-31(12-6-26)48(44,45)32-13-7-27(8-14-32)24-42(37(43)36-19-29-21-39-18-17-35(29)41-36)25-28-9-15-33(16-10-28)49(46,47)34-20-30(38)22-40-23-34/h5-23,41H,2-4,24-25H2,1H3. The number of hydrogen-bond acceptors (Lipinski definition) is 7. The molecule has 0 fully saturated rings. The number of hydrogen-bond donors (Lipinski definition) is 1. The molecular weight excluding hydrogens is 680 g/mol. The van der Waals surface area contributed by atoms with Gasteiger partial charge in [-0.25, -0.2) is 16.8 Å². The van der Waals surface area contributed by atoms with E-state index in [1.807, 2.05) is 12.1 Å². The summed E-state index contributed by atoms with van der Waals surface area (Å²) in [4.78, 5) is 27.1. The topological polar surface area (TPSA) is 130 Å². The van der Waals surface area contributed by atoms with Gasteiger partial charge in [0.05, 0.1) is 24.6 Å². The van der Waals surface area contributed by atoms with Crippen LogP contribution in [-0.2, 0) is 39.2 Å². The van der Waals surface area contributed by atoms with Gasteiger partial charge in [0.15, 0.2) is 0 Å². The van der Waals surface area contributed by atoms with Crippen molar-refractivity contribution in [3.05, 3.63) is 143 Å². The van der Waals surface area contributed by atoms with Crippen LogP contribution in [0.1, 0.15) is 46.9 Å². The predicted octanol–water partition coefficient (Wildman–Crippen LogP) is 7.46. The summed E-state index contributed by atoms with van der Waals surface area (Å²) in [7, 11) is -7.59. The lowest BCUT2D eigenvalue weighted by Crippen LogP contribution is -2.30. The van der Waals surface area contributed by atoms with Gasteiger partial charge in [-0.15, -0.1) is 0 Å². The molecule has 6 rings (SSSR count). The molecule has 3 heterocycles. The highest BCUT2D eigenvalue weighted by atomic mass is 35.5. The molecular formula is C37H33ClN4O5S2. The fraction of sp³-hybridized carbons (Fsp3) is 0.162. The molecule has 3 aromatic carbocycles. The largest absolute Gasteiger partial charge is 0.350 e. The maximum Gasteiger partial charge on any atom is 0.270 e. The van der Waals surface area contributed by atoms with Crippen LogP contribution in [0, 0.1) is 0 Å². The van der Waals surface area contributed by atoms with Gasteiger partial charge in [0.2, 0.25) is 19.7 Å².